The van der Waals surface area contributed by atoms with Gasteiger partial charge in [-0.05, 0) is 73.3 Å². The predicted molar refractivity (Wildman–Crippen MR) is 183 cm³/mol. The van der Waals surface area contributed by atoms with E-state index in [0.29, 0.717) is 17.9 Å². The number of hydrogen-bond acceptors (Lipinski definition) is 9. The van der Waals surface area contributed by atoms with Crippen LogP contribution in [0.2, 0.25) is 0 Å². The molecule has 1 aliphatic carbocycles. The minimum absolute atomic E-state index is 0.0581. The summed E-state index contributed by atoms with van der Waals surface area (Å²) >= 11 is 0. The number of aromatic nitrogens is 4. The molecule has 1 saturated heterocycles. The molecule has 1 saturated carbocycles. The lowest BCUT2D eigenvalue weighted by atomic mass is 9.84. The van der Waals surface area contributed by atoms with Crippen molar-refractivity contribution in [1.82, 2.24) is 24.8 Å². The van der Waals surface area contributed by atoms with Gasteiger partial charge < -0.3 is 14.5 Å². The van der Waals surface area contributed by atoms with Gasteiger partial charge in [0.1, 0.15) is 12.4 Å². The molecule has 0 spiro atoms. The molecule has 4 bridgehead atoms. The zero-order valence-corrected chi connectivity index (χ0v) is 28.8. The molecule has 0 radical (unpaired) electrons. The SMILES string of the molecule is Cc1cccc(C)c1-c1cc2nc(n1)NS(=O)(=O)c1cccc(c1)C(=O)N(Cc1ncc(N3CC(C)(C)C3)cn1)[C@H](CC1(C)CC1)CO2. The fourth-order valence-corrected chi connectivity index (χ4v) is 7.73. The Morgan fingerprint density at radius 3 is 2.31 bits per heavy atom. The lowest BCUT2D eigenvalue weighted by Gasteiger charge is -2.47. The summed E-state index contributed by atoms with van der Waals surface area (Å²) in [5.41, 5.74) is 4.89. The molecule has 0 unspecified atom stereocenters. The van der Waals surface area contributed by atoms with Crippen LogP contribution in [0.25, 0.3) is 11.3 Å². The number of nitrogens with zero attached hydrogens (tertiary/aromatic N) is 6. The third kappa shape index (κ3) is 6.58. The normalized spacial score (nSPS) is 20.7. The topological polar surface area (TPSA) is 131 Å². The Bertz CT molecular complexity index is 1970. The van der Waals surface area contributed by atoms with Gasteiger partial charge in [0, 0.05) is 30.3 Å². The van der Waals surface area contributed by atoms with Gasteiger partial charge in [-0.15, -0.1) is 0 Å². The molecule has 2 aromatic heterocycles. The van der Waals surface area contributed by atoms with E-state index < -0.39 is 10.0 Å². The third-order valence-corrected chi connectivity index (χ3v) is 10.9. The number of amides is 1. The predicted octanol–water partition coefficient (Wildman–Crippen LogP) is 5.79. The molecule has 1 amide bonds. The van der Waals surface area contributed by atoms with E-state index in [2.05, 4.69) is 50.3 Å². The van der Waals surface area contributed by atoms with Crippen molar-refractivity contribution in [2.45, 2.75) is 71.4 Å². The molecule has 3 aliphatic rings. The van der Waals surface area contributed by atoms with Crippen molar-refractivity contribution in [2.24, 2.45) is 10.8 Å². The maximum atomic E-state index is 14.4. The Labute approximate surface area is 281 Å². The molecule has 7 rings (SSSR count). The minimum atomic E-state index is -4.16. The van der Waals surface area contributed by atoms with Crippen molar-refractivity contribution in [3.05, 3.63) is 83.4 Å². The third-order valence-electron chi connectivity index (χ3n) is 9.62. The number of anilines is 2. The Kier molecular flexibility index (Phi) is 7.89. The van der Waals surface area contributed by atoms with E-state index in [0.717, 1.165) is 48.3 Å². The monoisotopic (exact) mass is 667 g/mol. The molecular formula is C36H41N7O4S. The van der Waals surface area contributed by atoms with Gasteiger partial charge in [0.15, 0.2) is 0 Å². The van der Waals surface area contributed by atoms with Crippen LogP contribution in [0.3, 0.4) is 0 Å². The number of rotatable bonds is 6. The maximum Gasteiger partial charge on any atom is 0.264 e. The second-order valence-electron chi connectivity index (χ2n) is 14.6. The van der Waals surface area contributed by atoms with Crippen LogP contribution in [0.5, 0.6) is 5.88 Å². The highest BCUT2D eigenvalue weighted by atomic mass is 32.2. The summed E-state index contributed by atoms with van der Waals surface area (Å²) < 4.78 is 36.3. The molecular weight excluding hydrogens is 627 g/mol. The van der Waals surface area contributed by atoms with Crippen LogP contribution in [0, 0.1) is 24.7 Å². The summed E-state index contributed by atoms with van der Waals surface area (Å²) in [7, 11) is -4.16. The molecule has 1 N–H and O–H groups in total. The van der Waals surface area contributed by atoms with Crippen LogP contribution in [0.15, 0.2) is 65.8 Å². The number of fused-ring (bicyclic) bond motifs is 4. The summed E-state index contributed by atoms with van der Waals surface area (Å²) in [4.78, 5) is 36.8. The molecule has 12 heteroatoms. The van der Waals surface area contributed by atoms with Crippen LogP contribution < -0.4 is 14.4 Å². The molecule has 4 aromatic rings. The van der Waals surface area contributed by atoms with Gasteiger partial charge in [0.05, 0.1) is 41.3 Å². The summed E-state index contributed by atoms with van der Waals surface area (Å²) in [5.74, 6) is 0.273. The second-order valence-corrected chi connectivity index (χ2v) is 16.3. The number of carbonyl (C=O) groups is 1. The van der Waals surface area contributed by atoms with Crippen molar-refractivity contribution in [2.75, 3.05) is 29.3 Å². The molecule has 1 atom stereocenters. The summed E-state index contributed by atoms with van der Waals surface area (Å²) in [6.07, 6.45) is 6.42. The maximum absolute atomic E-state index is 14.4. The quantitative estimate of drug-likeness (QED) is 0.272. The lowest BCUT2D eigenvalue weighted by Crippen LogP contribution is -2.53. The first-order chi connectivity index (χ1) is 22.8. The van der Waals surface area contributed by atoms with E-state index in [1.807, 2.05) is 44.4 Å². The Hall–Kier alpha value is -4.58. The number of nitrogens with one attached hydrogen (secondary N) is 1. The van der Waals surface area contributed by atoms with Crippen molar-refractivity contribution in [3.8, 4) is 17.1 Å². The first-order valence-electron chi connectivity index (χ1n) is 16.4. The van der Waals surface area contributed by atoms with Crippen LogP contribution in [-0.4, -0.2) is 64.9 Å². The minimum Gasteiger partial charge on any atom is -0.475 e. The molecule has 250 valence electrons. The Morgan fingerprint density at radius 1 is 0.958 bits per heavy atom. The fraction of sp³-hybridized carbons (Fsp3) is 0.417. The molecule has 2 fully saturated rings. The fourth-order valence-electron chi connectivity index (χ4n) is 6.74. The van der Waals surface area contributed by atoms with Gasteiger partial charge in [-0.1, -0.05) is 45.0 Å². The molecule has 11 nitrogen and oxygen atoms in total. The number of sulfonamides is 1. The van der Waals surface area contributed by atoms with Crippen LogP contribution in [-0.2, 0) is 16.6 Å². The lowest BCUT2D eigenvalue weighted by molar-refractivity contribution is 0.0533. The van der Waals surface area contributed by atoms with Crippen molar-refractivity contribution in [1.29, 1.82) is 0 Å². The second kappa shape index (κ2) is 11.8. The van der Waals surface area contributed by atoms with E-state index in [1.165, 1.54) is 12.1 Å². The summed E-state index contributed by atoms with van der Waals surface area (Å²) in [5, 5.41) is 0. The highest BCUT2D eigenvalue weighted by Crippen LogP contribution is 2.49. The van der Waals surface area contributed by atoms with Gasteiger partial charge in [-0.2, -0.15) is 4.98 Å². The van der Waals surface area contributed by atoms with E-state index in [-0.39, 0.29) is 58.2 Å². The largest absolute Gasteiger partial charge is 0.475 e. The van der Waals surface area contributed by atoms with Crippen LogP contribution >= 0.6 is 0 Å². The molecule has 48 heavy (non-hydrogen) atoms. The zero-order chi connectivity index (χ0) is 33.8. The average Bonchev–Trinajstić information content (AvgIpc) is 3.76. The Balaban J connectivity index is 1.29. The summed E-state index contributed by atoms with van der Waals surface area (Å²) in [6.45, 7) is 12.8. The van der Waals surface area contributed by atoms with Gasteiger partial charge in [0.25, 0.3) is 15.9 Å². The smallest absolute Gasteiger partial charge is 0.264 e. The number of carbonyl (C=O) groups excluding carboxylic acids is 1. The van der Waals surface area contributed by atoms with E-state index in [1.54, 1.807) is 23.1 Å². The molecule has 4 heterocycles. The standard InChI is InChI=1S/C36H41N7O4S/c1-23-8-6-9-24(2)32(23)29-15-31-40-34(39-29)41-48(45,46)28-11-7-10-25(14-28)33(44)43(26(20-47-31)16-36(5)12-13-36)19-30-37-17-27(18-38-30)42-21-35(3,4)22-42/h6-11,14-15,17-18,26H,12-13,16,19-22H2,1-5H3,(H,39,40,41)/t26-/m1/s1. The zero-order valence-electron chi connectivity index (χ0n) is 28.0. The van der Waals surface area contributed by atoms with Gasteiger partial charge in [-0.3, -0.25) is 4.79 Å². The number of hydrogen-bond donors (Lipinski definition) is 1. The average molecular weight is 668 g/mol. The Morgan fingerprint density at radius 2 is 1.65 bits per heavy atom. The number of aryl methyl sites for hydroxylation is 2. The first-order valence-corrected chi connectivity index (χ1v) is 17.8. The molecule has 2 aliphatic heterocycles. The summed E-state index contributed by atoms with van der Waals surface area (Å²) in [6, 6.07) is 13.4. The molecule has 2 aromatic carbocycles. The number of benzene rings is 2. The van der Waals surface area contributed by atoms with E-state index in [9.17, 15) is 13.2 Å². The first kappa shape index (κ1) is 32.0. The number of ether oxygens (including phenoxy) is 1. The highest BCUT2D eigenvalue weighted by Gasteiger charge is 2.42. The van der Waals surface area contributed by atoms with Crippen molar-refractivity contribution < 1.29 is 17.9 Å². The van der Waals surface area contributed by atoms with E-state index in [4.69, 9.17) is 4.74 Å². The van der Waals surface area contributed by atoms with Gasteiger partial charge in [0.2, 0.25) is 11.8 Å². The van der Waals surface area contributed by atoms with Gasteiger partial charge >= 0.3 is 0 Å². The van der Waals surface area contributed by atoms with Crippen LogP contribution in [0.4, 0.5) is 11.6 Å². The van der Waals surface area contributed by atoms with Crippen LogP contribution in [0.1, 0.15) is 67.3 Å². The van der Waals surface area contributed by atoms with Crippen molar-refractivity contribution in [3.63, 3.8) is 0 Å². The van der Waals surface area contributed by atoms with Crippen molar-refractivity contribution >= 4 is 27.6 Å². The van der Waals surface area contributed by atoms with Gasteiger partial charge in [-0.25, -0.2) is 28.1 Å². The van der Waals surface area contributed by atoms with E-state index >= 15 is 0 Å². The highest BCUT2D eigenvalue weighted by molar-refractivity contribution is 7.92.